The number of nitrogens with zero attached hydrogens (tertiary/aromatic N) is 1. The molecular weight excluding hydrogens is 254 g/mol. The van der Waals surface area contributed by atoms with Gasteiger partial charge < -0.3 is 0 Å². The van der Waals surface area contributed by atoms with Crippen molar-refractivity contribution in [3.8, 4) is 0 Å². The van der Waals surface area contributed by atoms with E-state index in [0.29, 0.717) is 6.04 Å². The van der Waals surface area contributed by atoms with Crippen LogP contribution in [0.5, 0.6) is 0 Å². The minimum atomic E-state index is 0.403. The largest absolute Gasteiger partial charge is 0.289 e. The first-order chi connectivity index (χ1) is 10.3. The predicted molar refractivity (Wildman–Crippen MR) is 89.3 cm³/mol. The van der Waals surface area contributed by atoms with E-state index in [1.54, 1.807) is 0 Å². The normalized spacial score (nSPS) is 22.2. The highest BCUT2D eigenvalue weighted by Gasteiger charge is 2.41. The zero-order valence-electron chi connectivity index (χ0n) is 13.1. The lowest BCUT2D eigenvalue weighted by Gasteiger charge is -2.52. The molecular formula is C20H25N. The van der Waals surface area contributed by atoms with Crippen LogP contribution < -0.4 is 0 Å². The van der Waals surface area contributed by atoms with E-state index in [1.807, 2.05) is 0 Å². The van der Waals surface area contributed by atoms with Gasteiger partial charge in [0.15, 0.2) is 0 Å². The molecule has 3 rings (SSSR count). The Labute approximate surface area is 128 Å². The standard InChI is InChI=1S/C20H25N/c1-3-16-15-21(19(16)4-2)20(17-11-7-5-8-12-17)18-13-9-6-10-14-18/h5-14,16,19-20H,3-4,15H2,1-2H3. The third kappa shape index (κ3) is 2.75. The summed E-state index contributed by atoms with van der Waals surface area (Å²) in [5, 5.41) is 0. The molecule has 0 saturated carbocycles. The molecule has 1 aliphatic rings. The molecule has 110 valence electrons. The highest BCUT2D eigenvalue weighted by atomic mass is 15.3. The van der Waals surface area contributed by atoms with Crippen LogP contribution in [-0.2, 0) is 0 Å². The summed E-state index contributed by atoms with van der Waals surface area (Å²) in [6.07, 6.45) is 2.54. The molecule has 0 radical (unpaired) electrons. The summed E-state index contributed by atoms with van der Waals surface area (Å²) in [6, 6.07) is 23.0. The Morgan fingerprint density at radius 3 is 1.81 bits per heavy atom. The lowest BCUT2D eigenvalue weighted by molar-refractivity contribution is -0.0153. The van der Waals surface area contributed by atoms with Crippen LogP contribution in [0.3, 0.4) is 0 Å². The lowest BCUT2D eigenvalue weighted by atomic mass is 9.80. The van der Waals surface area contributed by atoms with Crippen molar-refractivity contribution in [2.75, 3.05) is 6.54 Å². The van der Waals surface area contributed by atoms with Gasteiger partial charge in [0.1, 0.15) is 0 Å². The number of likely N-dealkylation sites (tertiary alicyclic amines) is 1. The summed E-state index contributed by atoms with van der Waals surface area (Å²) in [7, 11) is 0. The Bertz CT molecular complexity index is 509. The molecule has 1 nitrogen and oxygen atoms in total. The summed E-state index contributed by atoms with van der Waals surface area (Å²) in [4.78, 5) is 2.69. The van der Waals surface area contributed by atoms with Gasteiger partial charge in [-0.15, -0.1) is 0 Å². The van der Waals surface area contributed by atoms with E-state index in [2.05, 4.69) is 79.4 Å². The minimum Gasteiger partial charge on any atom is -0.289 e. The van der Waals surface area contributed by atoms with Crippen molar-refractivity contribution < 1.29 is 0 Å². The lowest BCUT2D eigenvalue weighted by Crippen LogP contribution is -2.56. The Hall–Kier alpha value is -1.60. The zero-order valence-corrected chi connectivity index (χ0v) is 13.1. The number of benzene rings is 2. The van der Waals surface area contributed by atoms with E-state index >= 15 is 0 Å². The van der Waals surface area contributed by atoms with E-state index in [1.165, 1.54) is 30.5 Å². The van der Waals surface area contributed by atoms with Gasteiger partial charge in [-0.1, -0.05) is 80.9 Å². The first kappa shape index (κ1) is 14.3. The fourth-order valence-electron chi connectivity index (χ4n) is 3.77. The van der Waals surface area contributed by atoms with Crippen molar-refractivity contribution >= 4 is 0 Å². The summed E-state index contributed by atoms with van der Waals surface area (Å²) in [6.45, 7) is 5.88. The fourth-order valence-corrected chi connectivity index (χ4v) is 3.77. The van der Waals surface area contributed by atoms with Crippen molar-refractivity contribution in [3.05, 3.63) is 71.8 Å². The van der Waals surface area contributed by atoms with Gasteiger partial charge in [0.2, 0.25) is 0 Å². The van der Waals surface area contributed by atoms with Crippen LogP contribution in [0.4, 0.5) is 0 Å². The summed E-state index contributed by atoms with van der Waals surface area (Å²) in [5.74, 6) is 0.866. The maximum Gasteiger partial charge on any atom is 0.0604 e. The van der Waals surface area contributed by atoms with Crippen LogP contribution in [0.25, 0.3) is 0 Å². The summed E-state index contributed by atoms with van der Waals surface area (Å²) < 4.78 is 0. The molecule has 1 heteroatoms. The summed E-state index contributed by atoms with van der Waals surface area (Å²) in [5.41, 5.74) is 2.83. The Balaban J connectivity index is 1.94. The molecule has 0 bridgehead atoms. The highest BCUT2D eigenvalue weighted by Crippen LogP contribution is 2.40. The Morgan fingerprint density at radius 2 is 1.38 bits per heavy atom. The van der Waals surface area contributed by atoms with Crippen molar-refractivity contribution in [3.63, 3.8) is 0 Å². The maximum absolute atomic E-state index is 2.69. The second kappa shape index (κ2) is 6.44. The Morgan fingerprint density at radius 1 is 0.857 bits per heavy atom. The van der Waals surface area contributed by atoms with E-state index in [4.69, 9.17) is 0 Å². The molecule has 1 saturated heterocycles. The fraction of sp³-hybridized carbons (Fsp3) is 0.400. The van der Waals surface area contributed by atoms with Gasteiger partial charge in [-0.3, -0.25) is 4.90 Å². The predicted octanol–water partition coefficient (Wildman–Crippen LogP) is 4.90. The van der Waals surface area contributed by atoms with Gasteiger partial charge in [-0.2, -0.15) is 0 Å². The molecule has 0 amide bonds. The second-order valence-corrected chi connectivity index (χ2v) is 6.06. The molecule has 2 aromatic carbocycles. The molecule has 0 N–H and O–H groups in total. The number of hydrogen-bond donors (Lipinski definition) is 0. The molecule has 0 aliphatic carbocycles. The third-order valence-electron chi connectivity index (χ3n) is 4.92. The average molecular weight is 279 g/mol. The topological polar surface area (TPSA) is 3.24 Å². The summed E-state index contributed by atoms with van der Waals surface area (Å²) >= 11 is 0. The molecule has 0 spiro atoms. The quantitative estimate of drug-likeness (QED) is 0.752. The molecule has 2 aromatic rings. The van der Waals surface area contributed by atoms with E-state index in [0.717, 1.165) is 12.0 Å². The van der Waals surface area contributed by atoms with Crippen LogP contribution in [-0.4, -0.2) is 17.5 Å². The molecule has 0 aromatic heterocycles. The van der Waals surface area contributed by atoms with Gasteiger partial charge in [0, 0.05) is 12.6 Å². The van der Waals surface area contributed by atoms with Gasteiger partial charge in [0.05, 0.1) is 6.04 Å². The van der Waals surface area contributed by atoms with E-state index in [-0.39, 0.29) is 0 Å². The van der Waals surface area contributed by atoms with Crippen molar-refractivity contribution in [1.82, 2.24) is 4.90 Å². The maximum atomic E-state index is 2.69. The number of hydrogen-bond acceptors (Lipinski definition) is 1. The average Bonchev–Trinajstić information content (AvgIpc) is 2.53. The van der Waals surface area contributed by atoms with Crippen LogP contribution in [0.1, 0.15) is 43.9 Å². The third-order valence-corrected chi connectivity index (χ3v) is 4.92. The monoisotopic (exact) mass is 279 g/mol. The van der Waals surface area contributed by atoms with Gasteiger partial charge >= 0.3 is 0 Å². The van der Waals surface area contributed by atoms with Crippen molar-refractivity contribution in [2.24, 2.45) is 5.92 Å². The van der Waals surface area contributed by atoms with Gasteiger partial charge in [0.25, 0.3) is 0 Å². The van der Waals surface area contributed by atoms with E-state index in [9.17, 15) is 0 Å². The zero-order chi connectivity index (χ0) is 14.7. The molecule has 1 heterocycles. The van der Waals surface area contributed by atoms with Gasteiger partial charge in [-0.05, 0) is 23.5 Å². The highest BCUT2D eigenvalue weighted by molar-refractivity contribution is 5.32. The smallest absolute Gasteiger partial charge is 0.0604 e. The SMILES string of the molecule is CCC1CN(C(c2ccccc2)c2ccccc2)C1CC. The van der Waals surface area contributed by atoms with E-state index < -0.39 is 0 Å². The molecule has 2 unspecified atom stereocenters. The molecule has 21 heavy (non-hydrogen) atoms. The van der Waals surface area contributed by atoms with Crippen molar-refractivity contribution in [2.45, 2.75) is 38.8 Å². The van der Waals surface area contributed by atoms with Crippen LogP contribution in [0, 0.1) is 5.92 Å². The molecule has 1 aliphatic heterocycles. The first-order valence-corrected chi connectivity index (χ1v) is 8.20. The molecule has 1 fully saturated rings. The van der Waals surface area contributed by atoms with Crippen LogP contribution in [0.2, 0.25) is 0 Å². The van der Waals surface area contributed by atoms with Gasteiger partial charge in [-0.25, -0.2) is 0 Å². The second-order valence-electron chi connectivity index (χ2n) is 6.06. The minimum absolute atomic E-state index is 0.403. The number of rotatable bonds is 5. The van der Waals surface area contributed by atoms with Crippen molar-refractivity contribution in [1.29, 1.82) is 0 Å². The molecule has 2 atom stereocenters. The Kier molecular flexibility index (Phi) is 4.40. The van der Waals surface area contributed by atoms with Crippen LogP contribution in [0.15, 0.2) is 60.7 Å². The first-order valence-electron chi connectivity index (χ1n) is 8.20. The van der Waals surface area contributed by atoms with Crippen LogP contribution >= 0.6 is 0 Å².